The Balaban J connectivity index is 0.00000211. The molecule has 0 aliphatic carbocycles. The van der Waals surface area contributed by atoms with Gasteiger partial charge in [-0.1, -0.05) is 5.16 Å². The third-order valence-electron chi connectivity index (χ3n) is 1.77. The summed E-state index contributed by atoms with van der Waals surface area (Å²) in [4.78, 5) is 39.3. The van der Waals surface area contributed by atoms with E-state index >= 15 is 0 Å². The van der Waals surface area contributed by atoms with Crippen molar-refractivity contribution in [2.24, 2.45) is 10.9 Å². The van der Waals surface area contributed by atoms with Crippen molar-refractivity contribution in [3.8, 4) is 0 Å². The molecular formula is C12H18N4O5S. The molecule has 0 fully saturated rings. The number of nitrogens with zero attached hydrogens (tertiary/aromatic N) is 2. The number of nitrogens with two attached hydrogens (primary N) is 1. The van der Waals surface area contributed by atoms with Gasteiger partial charge < -0.3 is 20.1 Å². The quantitative estimate of drug-likeness (QED) is 0.628. The average Bonchev–Trinajstić information content (AvgIpc) is 2.83. The van der Waals surface area contributed by atoms with Gasteiger partial charge in [-0.2, -0.15) is 0 Å². The number of hydrogen-bond donors (Lipinski definition) is 2. The van der Waals surface area contributed by atoms with Gasteiger partial charge in [0.25, 0.3) is 5.91 Å². The predicted molar refractivity (Wildman–Crippen MR) is 81.8 cm³/mol. The highest BCUT2D eigenvalue weighted by molar-refractivity contribution is 7.14. The summed E-state index contributed by atoms with van der Waals surface area (Å²) in [5, 5.41) is 7.73. The van der Waals surface area contributed by atoms with Gasteiger partial charge in [-0.15, -0.1) is 11.3 Å². The van der Waals surface area contributed by atoms with Crippen molar-refractivity contribution in [3.63, 3.8) is 0 Å². The lowest BCUT2D eigenvalue weighted by molar-refractivity contribution is -0.112. The van der Waals surface area contributed by atoms with Crippen LogP contribution in [0.25, 0.3) is 0 Å². The van der Waals surface area contributed by atoms with Crippen LogP contribution in [0.4, 0.5) is 9.93 Å². The fourth-order valence-electron chi connectivity index (χ4n) is 1.14. The second kappa shape index (κ2) is 8.72. The van der Waals surface area contributed by atoms with Gasteiger partial charge in [0.15, 0.2) is 10.8 Å². The van der Waals surface area contributed by atoms with Crippen LogP contribution in [-0.2, 0) is 19.2 Å². The SMILES string of the molecule is C=O.CO/N=C(\C(N)=O)c1csc(NC(=O)OC(C)(C)C)n1. The van der Waals surface area contributed by atoms with Crippen molar-refractivity contribution in [1.29, 1.82) is 0 Å². The Kier molecular flexibility index (Phi) is 7.73. The van der Waals surface area contributed by atoms with E-state index in [-0.39, 0.29) is 16.5 Å². The summed E-state index contributed by atoms with van der Waals surface area (Å²) < 4.78 is 5.08. The first-order chi connectivity index (χ1) is 10.2. The number of carbonyl (C=O) groups is 3. The van der Waals surface area contributed by atoms with Crippen LogP contribution in [0.3, 0.4) is 0 Å². The minimum atomic E-state index is -0.777. The summed E-state index contributed by atoms with van der Waals surface area (Å²) in [6.07, 6.45) is -0.636. The minimum absolute atomic E-state index is 0.124. The molecule has 1 aromatic rings. The Bertz CT molecular complexity index is 550. The van der Waals surface area contributed by atoms with E-state index < -0.39 is 17.6 Å². The molecule has 0 aromatic carbocycles. The smallest absolute Gasteiger partial charge is 0.413 e. The van der Waals surface area contributed by atoms with Gasteiger partial charge >= 0.3 is 6.09 Å². The number of primary amides is 1. The van der Waals surface area contributed by atoms with E-state index in [9.17, 15) is 9.59 Å². The molecule has 0 radical (unpaired) electrons. The standard InChI is InChI=1S/C11H16N4O4S.CH2O/c1-11(2,3)19-10(17)14-9-13-6(5-20-9)7(8(12)16)15-18-4;1-2/h5H,1-4H3,(H2,12,16)(H,13,14,17);1H2/b15-7-;. The number of anilines is 1. The Morgan fingerprint density at radius 2 is 2.00 bits per heavy atom. The zero-order chi connectivity index (χ0) is 17.3. The van der Waals surface area contributed by atoms with Crippen LogP contribution in [0.1, 0.15) is 26.5 Å². The maximum absolute atomic E-state index is 11.6. The molecule has 0 saturated heterocycles. The molecule has 1 rings (SSSR count). The molecule has 10 heteroatoms. The molecule has 1 aromatic heterocycles. The first kappa shape index (κ1) is 19.5. The van der Waals surface area contributed by atoms with E-state index in [2.05, 4.69) is 20.3 Å². The predicted octanol–water partition coefficient (Wildman–Crippen LogP) is 1.14. The molecule has 0 atom stereocenters. The molecule has 3 N–H and O–H groups in total. The van der Waals surface area contributed by atoms with Gasteiger partial charge in [-0.05, 0) is 20.8 Å². The van der Waals surface area contributed by atoms with Crippen molar-refractivity contribution in [2.45, 2.75) is 26.4 Å². The molecule has 0 unspecified atom stereocenters. The Morgan fingerprint density at radius 1 is 1.41 bits per heavy atom. The van der Waals surface area contributed by atoms with Crippen LogP contribution in [0, 0.1) is 0 Å². The van der Waals surface area contributed by atoms with Crippen molar-refractivity contribution < 1.29 is 24.0 Å². The van der Waals surface area contributed by atoms with Crippen LogP contribution in [-0.4, -0.2) is 42.2 Å². The van der Waals surface area contributed by atoms with Crippen LogP contribution >= 0.6 is 11.3 Å². The first-order valence-corrected chi connectivity index (χ1v) is 6.76. The highest BCUT2D eigenvalue weighted by Gasteiger charge is 2.19. The largest absolute Gasteiger partial charge is 0.444 e. The van der Waals surface area contributed by atoms with Gasteiger partial charge in [-0.25, -0.2) is 9.78 Å². The number of carbonyl (C=O) groups excluding carboxylic acids is 3. The van der Waals surface area contributed by atoms with Crippen LogP contribution in [0.5, 0.6) is 0 Å². The molecule has 0 bridgehead atoms. The van der Waals surface area contributed by atoms with E-state index in [1.165, 1.54) is 12.5 Å². The molecule has 22 heavy (non-hydrogen) atoms. The fraction of sp³-hybridized carbons (Fsp3) is 0.417. The third-order valence-corrected chi connectivity index (χ3v) is 2.53. The number of nitrogens with one attached hydrogen (secondary N) is 1. The molecule has 2 amide bonds. The zero-order valence-electron chi connectivity index (χ0n) is 12.7. The van der Waals surface area contributed by atoms with Gasteiger partial charge in [0.2, 0.25) is 0 Å². The van der Waals surface area contributed by atoms with Crippen molar-refractivity contribution in [2.75, 3.05) is 12.4 Å². The Morgan fingerprint density at radius 3 is 2.45 bits per heavy atom. The molecule has 1 heterocycles. The van der Waals surface area contributed by atoms with Crippen LogP contribution < -0.4 is 11.1 Å². The highest BCUT2D eigenvalue weighted by Crippen LogP contribution is 2.17. The Labute approximate surface area is 131 Å². The summed E-state index contributed by atoms with van der Waals surface area (Å²) in [6, 6.07) is 0. The minimum Gasteiger partial charge on any atom is -0.444 e. The number of rotatable bonds is 4. The molecule has 0 spiro atoms. The van der Waals surface area contributed by atoms with Gasteiger partial charge in [0, 0.05) is 5.38 Å². The molecule has 0 aliphatic heterocycles. The summed E-state index contributed by atoms with van der Waals surface area (Å²) in [7, 11) is 1.29. The van der Waals surface area contributed by atoms with E-state index in [1.54, 1.807) is 20.8 Å². The number of thiazole rings is 1. The number of hydrogen-bond acceptors (Lipinski definition) is 8. The van der Waals surface area contributed by atoms with Crippen molar-refractivity contribution >= 4 is 41.0 Å². The molecule has 0 aliphatic rings. The molecule has 9 nitrogen and oxygen atoms in total. The number of aromatic nitrogens is 1. The lowest BCUT2D eigenvalue weighted by atomic mass is 10.2. The molecular weight excluding hydrogens is 312 g/mol. The Hall–Kier alpha value is -2.49. The van der Waals surface area contributed by atoms with Gasteiger partial charge in [-0.3, -0.25) is 10.1 Å². The second-order valence-corrected chi connectivity index (χ2v) is 5.51. The number of oxime groups is 1. The summed E-state index contributed by atoms with van der Waals surface area (Å²) in [6.45, 7) is 7.24. The fourth-order valence-corrected chi connectivity index (χ4v) is 1.82. The van der Waals surface area contributed by atoms with E-state index in [0.29, 0.717) is 0 Å². The lowest BCUT2D eigenvalue weighted by Gasteiger charge is -2.18. The maximum atomic E-state index is 11.6. The van der Waals surface area contributed by atoms with Crippen molar-refractivity contribution in [1.82, 2.24) is 4.98 Å². The topological polar surface area (TPSA) is 133 Å². The first-order valence-electron chi connectivity index (χ1n) is 5.88. The van der Waals surface area contributed by atoms with Gasteiger partial charge in [0.05, 0.1) is 0 Å². The van der Waals surface area contributed by atoms with Gasteiger partial charge in [0.1, 0.15) is 25.2 Å². The van der Waals surface area contributed by atoms with Crippen LogP contribution in [0.15, 0.2) is 10.5 Å². The van der Waals surface area contributed by atoms with E-state index in [1.807, 2.05) is 6.79 Å². The maximum Gasteiger partial charge on any atom is 0.413 e. The summed E-state index contributed by atoms with van der Waals surface area (Å²) in [5.74, 6) is -0.777. The number of ether oxygens (including phenoxy) is 1. The zero-order valence-corrected chi connectivity index (χ0v) is 13.5. The average molecular weight is 330 g/mol. The lowest BCUT2D eigenvalue weighted by Crippen LogP contribution is -2.27. The number of amides is 2. The molecule has 0 saturated carbocycles. The monoisotopic (exact) mass is 330 g/mol. The summed E-state index contributed by atoms with van der Waals surface area (Å²) >= 11 is 1.11. The van der Waals surface area contributed by atoms with Crippen LogP contribution in [0.2, 0.25) is 0 Å². The normalized spacial score (nSPS) is 11.0. The summed E-state index contributed by atoms with van der Waals surface area (Å²) in [5.41, 5.74) is 4.63. The van der Waals surface area contributed by atoms with Crippen molar-refractivity contribution in [3.05, 3.63) is 11.1 Å². The highest BCUT2D eigenvalue weighted by atomic mass is 32.1. The third kappa shape index (κ3) is 6.79. The molecule has 122 valence electrons. The second-order valence-electron chi connectivity index (χ2n) is 4.65. The van der Waals surface area contributed by atoms with E-state index in [0.717, 1.165) is 11.3 Å². The van der Waals surface area contributed by atoms with E-state index in [4.69, 9.17) is 15.3 Å².